The van der Waals surface area contributed by atoms with Crippen LogP contribution < -0.4 is 5.43 Å². The maximum absolute atomic E-state index is 11.8. The van der Waals surface area contributed by atoms with Crippen LogP contribution in [0.1, 0.15) is 18.1 Å². The van der Waals surface area contributed by atoms with E-state index in [0.29, 0.717) is 10.8 Å². The van der Waals surface area contributed by atoms with Crippen LogP contribution in [0.4, 0.5) is 0 Å². The Kier molecular flexibility index (Phi) is 7.39. The third-order valence-electron chi connectivity index (χ3n) is 2.98. The number of hydrazone groups is 1. The third-order valence-corrected chi connectivity index (χ3v) is 4.89. The smallest absolute Gasteiger partial charge is 0.250 e. The Balaban J connectivity index is 1.79. The van der Waals surface area contributed by atoms with Gasteiger partial charge in [0.2, 0.25) is 5.91 Å². The van der Waals surface area contributed by atoms with Crippen LogP contribution >= 0.6 is 46.0 Å². The number of halogens is 2. The van der Waals surface area contributed by atoms with E-state index in [0.717, 1.165) is 26.2 Å². The minimum atomic E-state index is -0.109. The highest BCUT2D eigenvalue weighted by Crippen LogP contribution is 2.16. The van der Waals surface area contributed by atoms with Crippen molar-refractivity contribution in [3.8, 4) is 0 Å². The monoisotopic (exact) mass is 458 g/mol. The van der Waals surface area contributed by atoms with Gasteiger partial charge in [0.15, 0.2) is 0 Å². The zero-order valence-corrected chi connectivity index (χ0v) is 16.3. The number of benzene rings is 2. The second-order valence-electron chi connectivity index (χ2n) is 4.87. The molecule has 0 saturated carbocycles. The second kappa shape index (κ2) is 9.30. The van der Waals surface area contributed by atoms with Gasteiger partial charge in [-0.15, -0.1) is 11.8 Å². The maximum atomic E-state index is 11.8. The summed E-state index contributed by atoms with van der Waals surface area (Å²) in [6.45, 7) is 1.88. The van der Waals surface area contributed by atoms with Gasteiger partial charge in [0.05, 0.1) is 11.5 Å². The molecule has 0 spiro atoms. The molecule has 0 heterocycles. The summed E-state index contributed by atoms with van der Waals surface area (Å²) in [7, 11) is 0. The van der Waals surface area contributed by atoms with Crippen LogP contribution in [0.15, 0.2) is 53.6 Å². The molecule has 2 aromatic carbocycles. The summed E-state index contributed by atoms with van der Waals surface area (Å²) in [5.41, 5.74) is 5.50. The standard InChI is InChI=1S/C17H16ClIN2OS/c1-12(14-5-3-7-16(19)9-14)20-21-17(22)11-23-10-13-4-2-6-15(18)8-13/h2-9H,10-11H2,1H3,(H,21,22)/b20-12-. The van der Waals surface area contributed by atoms with Gasteiger partial charge in [0.25, 0.3) is 0 Å². The number of hydrogen-bond acceptors (Lipinski definition) is 3. The number of carbonyl (C=O) groups excluding carboxylic acids is 1. The number of thioether (sulfide) groups is 1. The first-order valence-electron chi connectivity index (χ1n) is 6.96. The van der Waals surface area contributed by atoms with Gasteiger partial charge in [0, 0.05) is 14.3 Å². The fourth-order valence-electron chi connectivity index (χ4n) is 1.84. The molecule has 1 N–H and O–H groups in total. The topological polar surface area (TPSA) is 41.5 Å². The minimum absolute atomic E-state index is 0.109. The highest BCUT2D eigenvalue weighted by molar-refractivity contribution is 14.1. The molecule has 0 unspecified atom stereocenters. The molecule has 0 aromatic heterocycles. The first-order chi connectivity index (χ1) is 11.0. The maximum Gasteiger partial charge on any atom is 0.250 e. The first-order valence-corrected chi connectivity index (χ1v) is 9.57. The first kappa shape index (κ1) is 18.3. The molecular weight excluding hydrogens is 443 g/mol. The van der Waals surface area contributed by atoms with Crippen molar-refractivity contribution in [2.75, 3.05) is 5.75 Å². The van der Waals surface area contributed by atoms with Crippen molar-refractivity contribution in [1.82, 2.24) is 5.43 Å². The molecule has 0 fully saturated rings. The molecule has 0 aliphatic carbocycles. The number of rotatable bonds is 6. The van der Waals surface area contributed by atoms with Gasteiger partial charge < -0.3 is 0 Å². The van der Waals surface area contributed by atoms with E-state index in [1.54, 1.807) is 0 Å². The van der Waals surface area contributed by atoms with Gasteiger partial charge in [-0.05, 0) is 64.9 Å². The molecule has 23 heavy (non-hydrogen) atoms. The Morgan fingerprint density at radius 3 is 2.78 bits per heavy atom. The SMILES string of the molecule is C/C(=N/NC(=O)CSCc1cccc(Cl)c1)c1cccc(I)c1. The molecule has 0 bridgehead atoms. The Bertz CT molecular complexity index is 721. The minimum Gasteiger partial charge on any atom is -0.272 e. The Morgan fingerprint density at radius 2 is 2.04 bits per heavy atom. The molecule has 3 nitrogen and oxygen atoms in total. The molecular formula is C17H16ClIN2OS. The zero-order chi connectivity index (χ0) is 16.7. The second-order valence-corrected chi connectivity index (χ2v) is 7.53. The van der Waals surface area contributed by atoms with E-state index in [-0.39, 0.29) is 5.91 Å². The van der Waals surface area contributed by atoms with E-state index in [1.165, 1.54) is 11.8 Å². The summed E-state index contributed by atoms with van der Waals surface area (Å²) in [5.74, 6) is 0.991. The normalized spacial score (nSPS) is 11.3. The number of carbonyl (C=O) groups is 1. The Labute approximate surface area is 159 Å². The highest BCUT2D eigenvalue weighted by atomic mass is 127. The Morgan fingerprint density at radius 1 is 1.26 bits per heavy atom. The summed E-state index contributed by atoms with van der Waals surface area (Å²) in [6.07, 6.45) is 0. The van der Waals surface area contributed by atoms with Crippen molar-refractivity contribution in [3.63, 3.8) is 0 Å². The molecule has 2 aromatic rings. The zero-order valence-electron chi connectivity index (χ0n) is 12.6. The fourth-order valence-corrected chi connectivity index (χ4v) is 3.37. The molecule has 120 valence electrons. The average Bonchev–Trinajstić information content (AvgIpc) is 2.52. The Hall–Kier alpha value is -1.05. The van der Waals surface area contributed by atoms with E-state index >= 15 is 0 Å². The summed E-state index contributed by atoms with van der Waals surface area (Å²) in [5, 5.41) is 4.87. The molecule has 0 radical (unpaired) electrons. The van der Waals surface area contributed by atoms with Crippen LogP contribution in [-0.2, 0) is 10.5 Å². The molecule has 0 saturated heterocycles. The van der Waals surface area contributed by atoms with E-state index < -0.39 is 0 Å². The number of hydrogen-bond donors (Lipinski definition) is 1. The van der Waals surface area contributed by atoms with Crippen LogP contribution in [-0.4, -0.2) is 17.4 Å². The molecule has 0 aliphatic heterocycles. The van der Waals surface area contributed by atoms with Crippen molar-refractivity contribution in [1.29, 1.82) is 0 Å². The number of nitrogens with zero attached hydrogens (tertiary/aromatic N) is 1. The summed E-state index contributed by atoms with van der Waals surface area (Å²) in [6, 6.07) is 15.6. The lowest BCUT2D eigenvalue weighted by atomic mass is 10.1. The van der Waals surface area contributed by atoms with E-state index in [1.807, 2.05) is 55.5 Å². The largest absolute Gasteiger partial charge is 0.272 e. The van der Waals surface area contributed by atoms with Gasteiger partial charge in [-0.3, -0.25) is 4.79 Å². The fraction of sp³-hybridized carbons (Fsp3) is 0.176. The van der Waals surface area contributed by atoms with Crippen molar-refractivity contribution in [3.05, 3.63) is 68.3 Å². The van der Waals surface area contributed by atoms with Crippen molar-refractivity contribution in [2.45, 2.75) is 12.7 Å². The third kappa shape index (κ3) is 6.53. The lowest BCUT2D eigenvalue weighted by molar-refractivity contribution is -0.118. The van der Waals surface area contributed by atoms with Crippen molar-refractivity contribution in [2.24, 2.45) is 5.10 Å². The number of amides is 1. The summed E-state index contributed by atoms with van der Waals surface area (Å²) >= 11 is 9.72. The molecule has 1 amide bonds. The van der Waals surface area contributed by atoms with Crippen molar-refractivity contribution < 1.29 is 4.79 Å². The van der Waals surface area contributed by atoms with E-state index in [2.05, 4.69) is 33.1 Å². The summed E-state index contributed by atoms with van der Waals surface area (Å²) < 4.78 is 1.14. The number of nitrogens with one attached hydrogen (secondary N) is 1. The quantitative estimate of drug-likeness (QED) is 0.387. The van der Waals surface area contributed by atoms with Gasteiger partial charge in [0.1, 0.15) is 0 Å². The molecule has 0 aliphatic rings. The van der Waals surface area contributed by atoms with E-state index in [4.69, 9.17) is 11.6 Å². The van der Waals surface area contributed by atoms with Gasteiger partial charge in [-0.1, -0.05) is 35.9 Å². The predicted octanol–water partition coefficient (Wildman–Crippen LogP) is 4.72. The van der Waals surface area contributed by atoms with Crippen LogP contribution in [0.2, 0.25) is 5.02 Å². The van der Waals surface area contributed by atoms with Gasteiger partial charge in [-0.2, -0.15) is 5.10 Å². The lowest BCUT2D eigenvalue weighted by Crippen LogP contribution is -2.21. The molecule has 0 atom stereocenters. The van der Waals surface area contributed by atoms with Gasteiger partial charge in [-0.25, -0.2) is 5.43 Å². The lowest BCUT2D eigenvalue weighted by Gasteiger charge is -2.04. The molecule has 2 rings (SSSR count). The van der Waals surface area contributed by atoms with Crippen LogP contribution in [0.3, 0.4) is 0 Å². The van der Waals surface area contributed by atoms with Crippen LogP contribution in [0.25, 0.3) is 0 Å². The highest BCUT2D eigenvalue weighted by Gasteiger charge is 2.03. The van der Waals surface area contributed by atoms with Crippen LogP contribution in [0, 0.1) is 3.57 Å². The predicted molar refractivity (Wildman–Crippen MR) is 107 cm³/mol. The summed E-state index contributed by atoms with van der Waals surface area (Å²) in [4.78, 5) is 11.8. The van der Waals surface area contributed by atoms with E-state index in [9.17, 15) is 4.79 Å². The van der Waals surface area contributed by atoms with Crippen LogP contribution in [0.5, 0.6) is 0 Å². The van der Waals surface area contributed by atoms with Gasteiger partial charge >= 0.3 is 0 Å². The molecule has 6 heteroatoms. The van der Waals surface area contributed by atoms with Crippen molar-refractivity contribution >= 4 is 57.6 Å². The average molecular weight is 459 g/mol.